The molecule has 2 saturated heterocycles. The highest BCUT2D eigenvalue weighted by Gasteiger charge is 2.51. The molecular formula is C27H30O16. The minimum Gasteiger partial charge on any atom is -0.508 e. The summed E-state index contributed by atoms with van der Waals surface area (Å²) in [5, 5.41) is 101. The lowest BCUT2D eigenvalue weighted by Gasteiger charge is -2.45. The van der Waals surface area contributed by atoms with Crippen LogP contribution in [0, 0.1) is 0 Å². The molecule has 5 rings (SSSR count). The highest BCUT2D eigenvalue weighted by atomic mass is 16.8. The molecule has 234 valence electrons. The molecule has 0 unspecified atom stereocenters. The Morgan fingerprint density at radius 1 is 0.721 bits per heavy atom. The third kappa shape index (κ3) is 5.85. The molecule has 16 nitrogen and oxygen atoms in total. The first-order valence-corrected chi connectivity index (χ1v) is 13.0. The average molecular weight is 611 g/mol. The minimum absolute atomic E-state index is 0.0241. The van der Waals surface area contributed by atoms with Crippen LogP contribution in [0.2, 0.25) is 0 Å². The van der Waals surface area contributed by atoms with E-state index in [0.717, 1.165) is 24.3 Å². The average Bonchev–Trinajstić information content (AvgIpc) is 2.96. The molecule has 10 N–H and O–H groups in total. The van der Waals surface area contributed by atoms with Gasteiger partial charge in [0.15, 0.2) is 17.8 Å². The lowest BCUT2D eigenvalue weighted by molar-refractivity contribution is -0.357. The van der Waals surface area contributed by atoms with Crippen LogP contribution in [-0.4, -0.2) is 126 Å². The zero-order valence-electron chi connectivity index (χ0n) is 22.1. The van der Waals surface area contributed by atoms with Gasteiger partial charge in [-0.15, -0.1) is 0 Å². The summed E-state index contributed by atoms with van der Waals surface area (Å²) in [4.78, 5) is 12.8. The topological polar surface area (TPSA) is 269 Å². The maximum absolute atomic E-state index is 12.8. The van der Waals surface area contributed by atoms with Gasteiger partial charge in [-0.25, -0.2) is 0 Å². The number of hydrogen-bond acceptors (Lipinski definition) is 16. The minimum atomic E-state index is -1.89. The summed E-state index contributed by atoms with van der Waals surface area (Å²) in [6.45, 7) is -1.56. The van der Waals surface area contributed by atoms with E-state index in [4.69, 9.17) is 23.4 Å². The highest BCUT2D eigenvalue weighted by Crippen LogP contribution is 2.38. The fourth-order valence-electron chi connectivity index (χ4n) is 4.95. The van der Waals surface area contributed by atoms with E-state index in [1.54, 1.807) is 0 Å². The van der Waals surface area contributed by atoms with E-state index < -0.39 is 85.8 Å². The Labute approximate surface area is 241 Å². The first kappa shape index (κ1) is 30.9. The summed E-state index contributed by atoms with van der Waals surface area (Å²) in [5.74, 6) is -1.64. The Morgan fingerprint density at radius 3 is 2.05 bits per heavy atom. The molecule has 2 aliphatic heterocycles. The summed E-state index contributed by atoms with van der Waals surface area (Å²) in [6.07, 6.45) is -17.1. The van der Waals surface area contributed by atoms with Crippen molar-refractivity contribution < 1.29 is 74.4 Å². The van der Waals surface area contributed by atoms with Crippen molar-refractivity contribution in [3.8, 4) is 34.3 Å². The summed E-state index contributed by atoms with van der Waals surface area (Å²) in [7, 11) is 0. The molecule has 0 aliphatic carbocycles. The lowest BCUT2D eigenvalue weighted by atomic mass is 9.97. The summed E-state index contributed by atoms with van der Waals surface area (Å²) >= 11 is 0. The predicted molar refractivity (Wildman–Crippen MR) is 140 cm³/mol. The largest absolute Gasteiger partial charge is 0.508 e. The number of benzene rings is 2. The first-order valence-electron chi connectivity index (χ1n) is 13.0. The molecule has 3 aromatic rings. The van der Waals surface area contributed by atoms with Gasteiger partial charge in [-0.2, -0.15) is 0 Å². The Balaban J connectivity index is 1.52. The van der Waals surface area contributed by atoms with Gasteiger partial charge in [0.1, 0.15) is 82.5 Å². The molecule has 0 saturated carbocycles. The van der Waals surface area contributed by atoms with Crippen molar-refractivity contribution in [3.63, 3.8) is 0 Å². The molecule has 2 fully saturated rings. The molecule has 16 heteroatoms. The second kappa shape index (κ2) is 12.2. The SMILES string of the molecule is O=c1cc(-c2ccc(O)cc2O[C@@H]2O[C@@H](CO)[C@@H](O)[C@@H](O)[C@H]2O[C@@H]2O[C@H](CO)[C@@H](O)[C@H](O)[C@H]2O)oc2cc(O)cc(O)c12. The normalized spacial score (nSPS) is 33.0. The molecule has 0 bridgehead atoms. The van der Waals surface area contributed by atoms with Crippen LogP contribution in [-0.2, 0) is 14.2 Å². The number of fused-ring (bicyclic) bond motifs is 1. The molecule has 2 aromatic carbocycles. The van der Waals surface area contributed by atoms with Crippen molar-refractivity contribution in [1.82, 2.24) is 0 Å². The van der Waals surface area contributed by atoms with Gasteiger partial charge >= 0.3 is 0 Å². The smallest absolute Gasteiger partial charge is 0.229 e. The fraction of sp³-hybridized carbons (Fsp3) is 0.444. The third-order valence-electron chi connectivity index (χ3n) is 7.23. The summed E-state index contributed by atoms with van der Waals surface area (Å²) < 4.78 is 28.3. The number of ether oxygens (including phenoxy) is 4. The predicted octanol–water partition coefficient (Wildman–Crippen LogP) is -2.42. The van der Waals surface area contributed by atoms with E-state index in [-0.39, 0.29) is 39.5 Å². The summed E-state index contributed by atoms with van der Waals surface area (Å²) in [6, 6.07) is 6.67. The van der Waals surface area contributed by atoms with Gasteiger partial charge in [-0.1, -0.05) is 0 Å². The van der Waals surface area contributed by atoms with Crippen LogP contribution in [0.3, 0.4) is 0 Å². The van der Waals surface area contributed by atoms with Crippen LogP contribution in [0.5, 0.6) is 23.0 Å². The van der Waals surface area contributed by atoms with Crippen LogP contribution in [0.1, 0.15) is 0 Å². The number of phenols is 3. The first-order chi connectivity index (χ1) is 20.4. The van der Waals surface area contributed by atoms with E-state index in [9.17, 15) is 55.9 Å². The molecule has 0 radical (unpaired) electrons. The molecule has 0 spiro atoms. The monoisotopic (exact) mass is 610 g/mol. The van der Waals surface area contributed by atoms with E-state index in [0.29, 0.717) is 0 Å². The van der Waals surface area contributed by atoms with Crippen LogP contribution in [0.4, 0.5) is 0 Å². The van der Waals surface area contributed by atoms with Crippen molar-refractivity contribution in [1.29, 1.82) is 0 Å². The number of hydrogen-bond donors (Lipinski definition) is 10. The Morgan fingerprint density at radius 2 is 1.37 bits per heavy atom. The zero-order chi connectivity index (χ0) is 31.2. The van der Waals surface area contributed by atoms with Gasteiger partial charge < -0.3 is 74.4 Å². The van der Waals surface area contributed by atoms with Crippen molar-refractivity contribution in [2.24, 2.45) is 0 Å². The van der Waals surface area contributed by atoms with Crippen molar-refractivity contribution in [2.75, 3.05) is 13.2 Å². The number of aromatic hydroxyl groups is 3. The van der Waals surface area contributed by atoms with E-state index in [2.05, 4.69) is 0 Å². The maximum Gasteiger partial charge on any atom is 0.229 e. The standard InChI is InChI=1S/C27H30O16/c28-7-17-20(34)22(36)24(38)26(41-17)43-25-23(37)21(35)18(8-29)42-27(25)40-14-4-9(30)1-2-11(14)15-6-13(33)19-12(32)3-10(31)5-16(19)39-15/h1-6,17-18,20-32,34-38H,7-8H2/t17-,18+,20-,21-,22+,23-,24-,25-,26+,27-/m1/s1. The fourth-order valence-corrected chi connectivity index (χ4v) is 4.95. The molecule has 43 heavy (non-hydrogen) atoms. The second-order valence-corrected chi connectivity index (χ2v) is 10.1. The van der Waals surface area contributed by atoms with Gasteiger partial charge in [0.05, 0.1) is 18.8 Å². The van der Waals surface area contributed by atoms with Crippen LogP contribution in [0.25, 0.3) is 22.3 Å². The van der Waals surface area contributed by atoms with E-state index >= 15 is 0 Å². The van der Waals surface area contributed by atoms with E-state index in [1.807, 2.05) is 0 Å². The Hall–Kier alpha value is -3.55. The van der Waals surface area contributed by atoms with Crippen molar-refractivity contribution >= 4 is 11.0 Å². The Bertz CT molecular complexity index is 1510. The molecule has 3 heterocycles. The van der Waals surface area contributed by atoms with Gasteiger partial charge in [0.2, 0.25) is 6.29 Å². The number of phenolic OH excluding ortho intramolecular Hbond substituents is 3. The molecule has 0 amide bonds. The van der Waals surface area contributed by atoms with Gasteiger partial charge in [0, 0.05) is 24.3 Å². The van der Waals surface area contributed by atoms with Crippen molar-refractivity contribution in [3.05, 3.63) is 46.6 Å². The molecule has 1 aromatic heterocycles. The lowest BCUT2D eigenvalue weighted by Crippen LogP contribution is -2.65. The van der Waals surface area contributed by atoms with Gasteiger partial charge in [-0.3, -0.25) is 4.79 Å². The van der Waals surface area contributed by atoms with Crippen molar-refractivity contribution in [2.45, 2.75) is 61.4 Å². The van der Waals surface area contributed by atoms with Crippen LogP contribution >= 0.6 is 0 Å². The van der Waals surface area contributed by atoms with E-state index in [1.165, 1.54) is 12.1 Å². The van der Waals surface area contributed by atoms with Crippen LogP contribution in [0.15, 0.2) is 45.6 Å². The summed E-state index contributed by atoms with van der Waals surface area (Å²) in [5.41, 5.74) is -0.851. The number of aliphatic hydroxyl groups excluding tert-OH is 7. The van der Waals surface area contributed by atoms with Gasteiger partial charge in [-0.05, 0) is 12.1 Å². The quantitative estimate of drug-likeness (QED) is 0.133. The zero-order valence-corrected chi connectivity index (χ0v) is 22.1. The second-order valence-electron chi connectivity index (χ2n) is 10.1. The highest BCUT2D eigenvalue weighted by molar-refractivity contribution is 5.86. The number of rotatable bonds is 7. The third-order valence-corrected chi connectivity index (χ3v) is 7.23. The Kier molecular flexibility index (Phi) is 8.77. The number of aliphatic hydroxyl groups is 7. The molecule has 2 aliphatic rings. The van der Waals surface area contributed by atoms with Gasteiger partial charge in [0.25, 0.3) is 0 Å². The molecule has 10 atom stereocenters. The molecular weight excluding hydrogens is 580 g/mol. The van der Waals surface area contributed by atoms with Crippen LogP contribution < -0.4 is 10.2 Å². The maximum atomic E-state index is 12.8.